The van der Waals surface area contributed by atoms with Gasteiger partial charge in [-0.1, -0.05) is 71.1 Å². The highest BCUT2D eigenvalue weighted by molar-refractivity contribution is 7.71. The van der Waals surface area contributed by atoms with Crippen LogP contribution in [0, 0.1) is 11.6 Å². The molecule has 0 saturated heterocycles. The van der Waals surface area contributed by atoms with Crippen molar-refractivity contribution in [3.05, 3.63) is 45.9 Å². The fourth-order valence-corrected chi connectivity index (χ4v) is 2.40. The van der Waals surface area contributed by atoms with E-state index in [9.17, 15) is 0 Å². The molecule has 0 radical (unpaired) electrons. The Balaban J connectivity index is 2.57. The van der Waals surface area contributed by atoms with E-state index < -0.39 is 0 Å². The van der Waals surface area contributed by atoms with Gasteiger partial charge in [0.05, 0.1) is 5.69 Å². The van der Waals surface area contributed by atoms with E-state index in [2.05, 4.69) is 68.9 Å². The zero-order chi connectivity index (χ0) is 15.8. The van der Waals surface area contributed by atoms with Gasteiger partial charge >= 0.3 is 0 Å². The van der Waals surface area contributed by atoms with Crippen LogP contribution < -0.4 is 0 Å². The third kappa shape index (κ3) is 3.41. The van der Waals surface area contributed by atoms with Crippen LogP contribution in [0.1, 0.15) is 57.5 Å². The first-order chi connectivity index (χ1) is 9.70. The zero-order valence-corrected chi connectivity index (χ0v) is 14.6. The van der Waals surface area contributed by atoms with Gasteiger partial charge in [-0.05, 0) is 24.0 Å². The molecule has 1 N–H and O–H groups in total. The van der Waals surface area contributed by atoms with E-state index >= 15 is 0 Å². The minimum absolute atomic E-state index is 0.0477. The van der Waals surface area contributed by atoms with E-state index in [1.165, 1.54) is 5.56 Å². The summed E-state index contributed by atoms with van der Waals surface area (Å²) in [6, 6.07) is 8.70. The Labute approximate surface area is 132 Å². The van der Waals surface area contributed by atoms with Crippen LogP contribution in [0.15, 0.2) is 24.3 Å². The molecule has 2 rings (SSSR count). The number of aromatic nitrogens is 2. The van der Waals surface area contributed by atoms with Crippen molar-refractivity contribution < 1.29 is 0 Å². The van der Waals surface area contributed by atoms with Crippen LogP contribution in [0.2, 0.25) is 0 Å². The molecule has 2 aromatic rings. The third-order valence-electron chi connectivity index (χ3n) is 3.73. The molecule has 0 unspecified atom stereocenters. The number of H-pyrrole nitrogens is 1. The van der Waals surface area contributed by atoms with Gasteiger partial charge in [0.25, 0.3) is 0 Å². The predicted octanol–water partition coefficient (Wildman–Crippen LogP) is 5.54. The van der Waals surface area contributed by atoms with Crippen LogP contribution >= 0.6 is 12.2 Å². The normalized spacial score (nSPS) is 12.0. The summed E-state index contributed by atoms with van der Waals surface area (Å²) in [6.07, 6.45) is 0. The van der Waals surface area contributed by atoms with Crippen LogP contribution in [0.3, 0.4) is 0 Å². The number of rotatable bonds is 2. The van der Waals surface area contributed by atoms with E-state index in [0.717, 1.165) is 22.6 Å². The highest BCUT2D eigenvalue weighted by atomic mass is 32.1. The van der Waals surface area contributed by atoms with Crippen molar-refractivity contribution in [2.45, 2.75) is 52.9 Å². The molecule has 1 heterocycles. The van der Waals surface area contributed by atoms with Crippen molar-refractivity contribution in [2.24, 2.45) is 0 Å². The first-order valence-corrected chi connectivity index (χ1v) is 7.82. The fraction of sp³-hybridized carbons (Fsp3) is 0.444. The molecule has 2 nitrogen and oxygen atoms in total. The molecule has 1 aromatic heterocycles. The first-order valence-electron chi connectivity index (χ1n) is 7.42. The molecule has 0 spiro atoms. The van der Waals surface area contributed by atoms with Crippen molar-refractivity contribution in [1.82, 2.24) is 9.97 Å². The second-order valence-electron chi connectivity index (χ2n) is 6.92. The van der Waals surface area contributed by atoms with Gasteiger partial charge < -0.3 is 4.98 Å². The first kappa shape index (κ1) is 15.9. The average molecular weight is 300 g/mol. The SMILES string of the molecule is Cc1c(-c2ccc(C(C)C)cc2)[nH]c(C(C)(C)C)nc1=S. The monoisotopic (exact) mass is 300 g/mol. The van der Waals surface area contributed by atoms with Gasteiger partial charge in [0.15, 0.2) is 0 Å². The predicted molar refractivity (Wildman–Crippen MR) is 92.4 cm³/mol. The second kappa shape index (κ2) is 5.72. The van der Waals surface area contributed by atoms with Gasteiger partial charge in [-0.2, -0.15) is 0 Å². The van der Waals surface area contributed by atoms with E-state index in [1.807, 2.05) is 6.92 Å². The van der Waals surface area contributed by atoms with E-state index in [-0.39, 0.29) is 5.41 Å². The van der Waals surface area contributed by atoms with E-state index in [0.29, 0.717) is 10.6 Å². The molecular formula is C18H24N2S. The van der Waals surface area contributed by atoms with E-state index in [1.54, 1.807) is 0 Å². The Kier molecular flexibility index (Phi) is 4.33. The van der Waals surface area contributed by atoms with Crippen molar-refractivity contribution in [1.29, 1.82) is 0 Å². The van der Waals surface area contributed by atoms with Crippen molar-refractivity contribution in [2.75, 3.05) is 0 Å². The quantitative estimate of drug-likeness (QED) is 0.738. The summed E-state index contributed by atoms with van der Waals surface area (Å²) in [5.74, 6) is 1.47. The number of nitrogens with zero attached hydrogens (tertiary/aromatic N) is 1. The van der Waals surface area contributed by atoms with Gasteiger partial charge in [-0.15, -0.1) is 0 Å². The van der Waals surface area contributed by atoms with Crippen LogP contribution in [0.4, 0.5) is 0 Å². The summed E-state index contributed by atoms with van der Waals surface area (Å²) in [5, 5.41) is 0. The molecule has 0 atom stereocenters. The van der Waals surface area contributed by atoms with Crippen molar-refractivity contribution >= 4 is 12.2 Å². The molecule has 0 aliphatic carbocycles. The molecule has 3 heteroatoms. The van der Waals surface area contributed by atoms with Gasteiger partial charge in [-0.25, -0.2) is 4.98 Å². The Morgan fingerprint density at radius 3 is 2.14 bits per heavy atom. The van der Waals surface area contributed by atoms with Crippen LogP contribution in [0.5, 0.6) is 0 Å². The summed E-state index contributed by atoms with van der Waals surface area (Å²) >= 11 is 5.43. The average Bonchev–Trinajstić information content (AvgIpc) is 2.40. The summed E-state index contributed by atoms with van der Waals surface area (Å²) in [7, 11) is 0. The lowest BCUT2D eigenvalue weighted by atomic mass is 9.94. The van der Waals surface area contributed by atoms with Crippen LogP contribution in [0.25, 0.3) is 11.3 Å². The molecule has 0 amide bonds. The summed E-state index contributed by atoms with van der Waals surface area (Å²) in [5.41, 5.74) is 4.58. The number of aromatic amines is 1. The van der Waals surface area contributed by atoms with Gasteiger partial charge in [0.2, 0.25) is 0 Å². The Hall–Kier alpha value is -1.48. The molecule has 0 fully saturated rings. The molecule has 0 saturated carbocycles. The maximum Gasteiger partial charge on any atom is 0.133 e. The Morgan fingerprint density at radius 1 is 1.10 bits per heavy atom. The zero-order valence-electron chi connectivity index (χ0n) is 13.7. The molecule has 0 bridgehead atoms. The molecule has 112 valence electrons. The lowest BCUT2D eigenvalue weighted by Gasteiger charge is -2.20. The highest BCUT2D eigenvalue weighted by Gasteiger charge is 2.18. The summed E-state index contributed by atoms with van der Waals surface area (Å²) < 4.78 is 0.682. The number of benzene rings is 1. The van der Waals surface area contributed by atoms with Crippen LogP contribution in [-0.2, 0) is 5.41 Å². The Morgan fingerprint density at radius 2 is 1.67 bits per heavy atom. The summed E-state index contributed by atoms with van der Waals surface area (Å²) in [6.45, 7) is 12.9. The molecule has 21 heavy (non-hydrogen) atoms. The summed E-state index contributed by atoms with van der Waals surface area (Å²) in [4.78, 5) is 8.02. The van der Waals surface area contributed by atoms with Gasteiger partial charge in [0.1, 0.15) is 10.5 Å². The smallest absolute Gasteiger partial charge is 0.133 e. The fourth-order valence-electron chi connectivity index (χ4n) is 2.21. The topological polar surface area (TPSA) is 28.7 Å². The van der Waals surface area contributed by atoms with Crippen LogP contribution in [-0.4, -0.2) is 9.97 Å². The molecule has 0 aliphatic rings. The molecule has 1 aromatic carbocycles. The maximum absolute atomic E-state index is 5.43. The second-order valence-corrected chi connectivity index (χ2v) is 7.30. The van der Waals surface area contributed by atoms with Crippen molar-refractivity contribution in [3.63, 3.8) is 0 Å². The number of hydrogen-bond acceptors (Lipinski definition) is 2. The standard InChI is InChI=1S/C18H24N2S/c1-11(2)13-7-9-14(10-8-13)15-12(3)16(21)20-17(19-15)18(4,5)6/h7-11H,1-6H3,(H,19,20,21). The lowest BCUT2D eigenvalue weighted by molar-refractivity contribution is 0.544. The van der Waals surface area contributed by atoms with Crippen molar-refractivity contribution in [3.8, 4) is 11.3 Å². The minimum atomic E-state index is -0.0477. The lowest BCUT2D eigenvalue weighted by Crippen LogP contribution is -2.17. The highest BCUT2D eigenvalue weighted by Crippen LogP contribution is 2.27. The van der Waals surface area contributed by atoms with Gasteiger partial charge in [-0.3, -0.25) is 0 Å². The van der Waals surface area contributed by atoms with Gasteiger partial charge in [0, 0.05) is 11.0 Å². The molecular weight excluding hydrogens is 276 g/mol. The maximum atomic E-state index is 5.43. The third-order valence-corrected chi connectivity index (χ3v) is 4.13. The largest absolute Gasteiger partial charge is 0.342 e. The minimum Gasteiger partial charge on any atom is -0.342 e. The number of hydrogen-bond donors (Lipinski definition) is 1. The van der Waals surface area contributed by atoms with E-state index in [4.69, 9.17) is 12.2 Å². The molecule has 0 aliphatic heterocycles. The number of nitrogens with one attached hydrogen (secondary N) is 1. The Bertz CT molecular complexity index is 689.